The van der Waals surface area contributed by atoms with Gasteiger partial charge in [-0.1, -0.05) is 13.8 Å². The highest BCUT2D eigenvalue weighted by molar-refractivity contribution is 7.88. The van der Waals surface area contributed by atoms with E-state index in [4.69, 9.17) is 9.88 Å². The van der Waals surface area contributed by atoms with Crippen LogP contribution in [0.5, 0.6) is 0 Å². The van der Waals surface area contributed by atoms with Crippen LogP contribution in [0.2, 0.25) is 0 Å². The zero-order valence-corrected chi connectivity index (χ0v) is 9.90. The van der Waals surface area contributed by atoms with Crippen molar-refractivity contribution in [2.75, 3.05) is 5.94 Å². The van der Waals surface area contributed by atoms with Gasteiger partial charge in [-0.25, -0.2) is 13.6 Å². The predicted octanol–water partition coefficient (Wildman–Crippen LogP) is 0.0445. The molecule has 1 saturated carbocycles. The lowest BCUT2D eigenvalue weighted by molar-refractivity contribution is 0.000656. The molecule has 0 saturated heterocycles. The van der Waals surface area contributed by atoms with Crippen molar-refractivity contribution in [2.24, 2.45) is 17.0 Å². The third-order valence-electron chi connectivity index (χ3n) is 2.90. The first kappa shape index (κ1) is 12.9. The average Bonchev–Trinajstić information content (AvgIpc) is 2.42. The van der Waals surface area contributed by atoms with E-state index in [0.717, 1.165) is 0 Å². The summed E-state index contributed by atoms with van der Waals surface area (Å²) in [5.41, 5.74) is 0. The highest BCUT2D eigenvalue weighted by Crippen LogP contribution is 2.33. The highest BCUT2D eigenvalue weighted by Gasteiger charge is 2.35. The number of primary sulfonamides is 1. The van der Waals surface area contributed by atoms with Gasteiger partial charge in [0.1, 0.15) is 0 Å². The van der Waals surface area contributed by atoms with E-state index in [1.165, 1.54) is 0 Å². The molecule has 0 amide bonds. The van der Waals surface area contributed by atoms with Crippen molar-refractivity contribution in [3.05, 3.63) is 0 Å². The second-order valence-electron chi connectivity index (χ2n) is 4.53. The zero-order valence-electron chi connectivity index (χ0n) is 9.09. The van der Waals surface area contributed by atoms with Crippen LogP contribution in [0.4, 0.5) is 0 Å². The molecule has 0 aromatic heterocycles. The van der Waals surface area contributed by atoms with E-state index in [1.54, 1.807) is 0 Å². The van der Waals surface area contributed by atoms with Crippen LogP contribution >= 0.6 is 0 Å². The van der Waals surface area contributed by atoms with E-state index in [9.17, 15) is 13.5 Å². The van der Waals surface area contributed by atoms with Gasteiger partial charge in [0.2, 0.25) is 10.0 Å². The Kier molecular flexibility index (Phi) is 4.11. The van der Waals surface area contributed by atoms with Crippen LogP contribution in [0, 0.1) is 11.8 Å². The minimum atomic E-state index is -3.61. The molecule has 0 aromatic rings. The summed E-state index contributed by atoms with van der Waals surface area (Å²) in [4.78, 5) is 0. The molecule has 0 aliphatic heterocycles. The molecule has 1 aliphatic carbocycles. The summed E-state index contributed by atoms with van der Waals surface area (Å²) in [6.07, 6.45) is 0.413. The fraction of sp³-hybridized carbons (Fsp3) is 1.00. The van der Waals surface area contributed by atoms with E-state index in [2.05, 4.69) is 13.8 Å². The number of hydrogen-bond acceptors (Lipinski definition) is 4. The number of rotatable bonds is 4. The number of nitrogens with two attached hydrogens (primary N) is 1. The molecule has 3 unspecified atom stereocenters. The lowest BCUT2D eigenvalue weighted by Gasteiger charge is -2.15. The van der Waals surface area contributed by atoms with Gasteiger partial charge in [-0.2, -0.15) is 0 Å². The van der Waals surface area contributed by atoms with E-state index in [-0.39, 0.29) is 0 Å². The number of aliphatic hydroxyl groups is 1. The summed E-state index contributed by atoms with van der Waals surface area (Å²) in [6, 6.07) is 0. The lowest BCUT2D eigenvalue weighted by Crippen LogP contribution is -2.28. The second-order valence-corrected chi connectivity index (χ2v) is 6.09. The van der Waals surface area contributed by atoms with Crippen LogP contribution in [0.3, 0.4) is 0 Å². The van der Waals surface area contributed by atoms with Crippen molar-refractivity contribution in [3.8, 4) is 0 Å². The van der Waals surface area contributed by atoms with Crippen molar-refractivity contribution in [3.63, 3.8) is 0 Å². The summed E-state index contributed by atoms with van der Waals surface area (Å²) in [6.45, 7) is 4.17. The first-order valence-corrected chi connectivity index (χ1v) is 6.81. The van der Waals surface area contributed by atoms with Crippen LogP contribution in [0.15, 0.2) is 0 Å². The van der Waals surface area contributed by atoms with Gasteiger partial charge < -0.3 is 9.84 Å². The molecule has 3 N–H and O–H groups in total. The minimum Gasteiger partial charge on any atom is -0.390 e. The first-order chi connectivity index (χ1) is 6.79. The molecule has 1 aliphatic rings. The minimum absolute atomic E-state index is 0.393. The first-order valence-electron chi connectivity index (χ1n) is 5.09. The summed E-state index contributed by atoms with van der Waals surface area (Å²) in [5.74, 6) is 0.354. The topological polar surface area (TPSA) is 89.6 Å². The Balaban J connectivity index is 2.44. The number of aliphatic hydroxyl groups excluding tert-OH is 1. The Morgan fingerprint density at radius 1 is 1.47 bits per heavy atom. The molecule has 0 spiro atoms. The summed E-state index contributed by atoms with van der Waals surface area (Å²) < 4.78 is 26.5. The van der Waals surface area contributed by atoms with Crippen molar-refractivity contribution in [2.45, 2.75) is 38.9 Å². The molecule has 6 heteroatoms. The zero-order chi connectivity index (χ0) is 11.6. The molecule has 3 atom stereocenters. The van der Waals surface area contributed by atoms with Gasteiger partial charge in [0.15, 0.2) is 5.94 Å². The number of sulfonamides is 1. The van der Waals surface area contributed by atoms with Crippen LogP contribution in [0.1, 0.15) is 26.7 Å². The molecule has 0 heterocycles. The quantitative estimate of drug-likeness (QED) is 0.722. The summed E-state index contributed by atoms with van der Waals surface area (Å²) in [7, 11) is -3.61. The monoisotopic (exact) mass is 237 g/mol. The largest absolute Gasteiger partial charge is 0.390 e. The molecule has 5 nitrogen and oxygen atoms in total. The van der Waals surface area contributed by atoms with Crippen LogP contribution in [0.25, 0.3) is 0 Å². The molecule has 15 heavy (non-hydrogen) atoms. The maximum absolute atomic E-state index is 10.7. The molecule has 1 rings (SSSR count). The SMILES string of the molecule is CC(C)C1CC(O)C(OCS(N)(=O)=O)C1. The third kappa shape index (κ3) is 4.06. The van der Waals surface area contributed by atoms with Gasteiger partial charge in [0, 0.05) is 0 Å². The van der Waals surface area contributed by atoms with Crippen molar-refractivity contribution >= 4 is 10.0 Å². The summed E-state index contributed by atoms with van der Waals surface area (Å²) in [5, 5.41) is 14.5. The Morgan fingerprint density at radius 3 is 2.47 bits per heavy atom. The van der Waals surface area contributed by atoms with Crippen LogP contribution in [-0.2, 0) is 14.8 Å². The molecular weight excluding hydrogens is 218 g/mol. The maximum atomic E-state index is 10.7. The van der Waals surface area contributed by atoms with E-state index < -0.39 is 28.2 Å². The van der Waals surface area contributed by atoms with Crippen molar-refractivity contribution < 1.29 is 18.3 Å². The summed E-state index contributed by atoms with van der Waals surface area (Å²) >= 11 is 0. The van der Waals surface area contributed by atoms with Gasteiger partial charge in [-0.3, -0.25) is 0 Å². The molecule has 90 valence electrons. The highest BCUT2D eigenvalue weighted by atomic mass is 32.2. The molecule has 0 radical (unpaired) electrons. The molecule has 0 bridgehead atoms. The Morgan fingerprint density at radius 2 is 2.07 bits per heavy atom. The van der Waals surface area contributed by atoms with E-state index >= 15 is 0 Å². The van der Waals surface area contributed by atoms with E-state index in [1.807, 2.05) is 0 Å². The lowest BCUT2D eigenvalue weighted by atomic mass is 9.94. The standard InChI is InChI=1S/C9H19NO4S/c1-6(2)7-3-8(11)9(4-7)14-5-15(10,12)13/h6-9,11H,3-5H2,1-2H3,(H2,10,12,13). The fourth-order valence-electron chi connectivity index (χ4n) is 1.92. The Labute approximate surface area is 90.7 Å². The Bertz CT molecular complexity index is 301. The van der Waals surface area contributed by atoms with Gasteiger partial charge in [0.25, 0.3) is 0 Å². The third-order valence-corrected chi connectivity index (χ3v) is 3.36. The normalized spacial score (nSPS) is 32.5. The second kappa shape index (κ2) is 4.78. The van der Waals surface area contributed by atoms with Gasteiger partial charge in [-0.15, -0.1) is 0 Å². The van der Waals surface area contributed by atoms with Crippen molar-refractivity contribution in [1.82, 2.24) is 0 Å². The predicted molar refractivity (Wildman–Crippen MR) is 56.4 cm³/mol. The fourth-order valence-corrected chi connectivity index (χ4v) is 2.28. The molecule has 1 fully saturated rings. The van der Waals surface area contributed by atoms with E-state index in [0.29, 0.717) is 24.7 Å². The van der Waals surface area contributed by atoms with Crippen LogP contribution < -0.4 is 5.14 Å². The van der Waals surface area contributed by atoms with Crippen LogP contribution in [-0.4, -0.2) is 31.7 Å². The average molecular weight is 237 g/mol. The molecule has 0 aromatic carbocycles. The van der Waals surface area contributed by atoms with Crippen molar-refractivity contribution in [1.29, 1.82) is 0 Å². The molecular formula is C9H19NO4S. The smallest absolute Gasteiger partial charge is 0.233 e. The van der Waals surface area contributed by atoms with Gasteiger partial charge in [0.05, 0.1) is 12.2 Å². The Hall–Kier alpha value is -0.170. The maximum Gasteiger partial charge on any atom is 0.233 e. The number of hydrogen-bond donors (Lipinski definition) is 2. The number of ether oxygens (including phenoxy) is 1. The van der Waals surface area contributed by atoms with Gasteiger partial charge in [-0.05, 0) is 24.7 Å². The van der Waals surface area contributed by atoms with Gasteiger partial charge >= 0.3 is 0 Å².